The molecule has 2 heterocycles. The second-order valence-electron chi connectivity index (χ2n) is 9.23. The van der Waals surface area contributed by atoms with Gasteiger partial charge >= 0.3 is 12.1 Å². The van der Waals surface area contributed by atoms with E-state index in [9.17, 15) is 26.4 Å². The van der Waals surface area contributed by atoms with Crippen LogP contribution in [0.1, 0.15) is 42.3 Å². The van der Waals surface area contributed by atoms with Crippen molar-refractivity contribution in [3.05, 3.63) is 71.1 Å². The SMILES string of the molecule is CCOC(=O)CN(Cc1cccc(OCc2oc(-c3ccc(C(F)(F)F)cc3)nc2C)c1)S(=O)(=O)N1CCCC1. The summed E-state index contributed by atoms with van der Waals surface area (Å²) in [6.07, 6.45) is -2.92. The molecule has 0 spiro atoms. The molecule has 216 valence electrons. The van der Waals surface area contributed by atoms with Gasteiger partial charge in [0.25, 0.3) is 10.2 Å². The first kappa shape index (κ1) is 29.6. The number of oxazole rings is 1. The first-order valence-electron chi connectivity index (χ1n) is 12.7. The highest BCUT2D eigenvalue weighted by Crippen LogP contribution is 2.31. The zero-order valence-electron chi connectivity index (χ0n) is 22.1. The van der Waals surface area contributed by atoms with Gasteiger partial charge in [0.15, 0.2) is 5.76 Å². The number of aromatic nitrogens is 1. The predicted molar refractivity (Wildman–Crippen MR) is 139 cm³/mol. The summed E-state index contributed by atoms with van der Waals surface area (Å²) in [5, 5.41) is 0. The molecule has 0 amide bonds. The fraction of sp³-hybridized carbons (Fsp3) is 0.407. The highest BCUT2D eigenvalue weighted by Gasteiger charge is 2.33. The lowest BCUT2D eigenvalue weighted by molar-refractivity contribution is -0.143. The van der Waals surface area contributed by atoms with Gasteiger partial charge in [-0.25, -0.2) is 4.98 Å². The Labute approximate surface area is 230 Å². The van der Waals surface area contributed by atoms with Gasteiger partial charge in [0.2, 0.25) is 5.89 Å². The Bertz CT molecular complexity index is 1420. The van der Waals surface area contributed by atoms with Crippen molar-refractivity contribution in [2.24, 2.45) is 0 Å². The second-order valence-corrected chi connectivity index (χ2v) is 11.2. The standard InChI is InChI=1S/C27H30F3N3O6S/c1-3-37-25(34)17-33(40(35,36)32-13-4-5-14-32)16-20-7-6-8-23(15-20)38-18-24-19(2)31-26(39-24)21-9-11-22(12-10-21)27(28,29)30/h6-12,15H,3-5,13-14,16-18H2,1-2H3. The summed E-state index contributed by atoms with van der Waals surface area (Å²) in [6.45, 7) is 3.80. The van der Waals surface area contributed by atoms with Gasteiger partial charge in [0.1, 0.15) is 18.9 Å². The molecule has 1 fully saturated rings. The van der Waals surface area contributed by atoms with Crippen molar-refractivity contribution < 1.29 is 40.3 Å². The van der Waals surface area contributed by atoms with Crippen molar-refractivity contribution in [2.45, 2.75) is 46.0 Å². The lowest BCUT2D eigenvalue weighted by Crippen LogP contribution is -2.44. The lowest BCUT2D eigenvalue weighted by atomic mass is 10.1. The average Bonchev–Trinajstić information content (AvgIpc) is 3.58. The molecular formula is C27H30F3N3O6S. The van der Waals surface area contributed by atoms with Crippen LogP contribution in [-0.4, -0.2) is 54.2 Å². The predicted octanol–water partition coefficient (Wildman–Crippen LogP) is 4.95. The Balaban J connectivity index is 1.46. The highest BCUT2D eigenvalue weighted by molar-refractivity contribution is 7.86. The monoisotopic (exact) mass is 581 g/mol. The van der Waals surface area contributed by atoms with Gasteiger partial charge in [0.05, 0.1) is 17.9 Å². The maximum atomic E-state index is 13.2. The van der Waals surface area contributed by atoms with Crippen LogP contribution in [0.15, 0.2) is 52.9 Å². The molecule has 3 aromatic rings. The Morgan fingerprint density at radius 2 is 1.82 bits per heavy atom. The molecule has 2 aromatic carbocycles. The third kappa shape index (κ3) is 7.20. The topological polar surface area (TPSA) is 102 Å². The van der Waals surface area contributed by atoms with E-state index in [-0.39, 0.29) is 25.6 Å². The third-order valence-corrected chi connectivity index (χ3v) is 8.24. The Kier molecular flexibility index (Phi) is 9.16. The van der Waals surface area contributed by atoms with E-state index in [1.165, 1.54) is 16.4 Å². The van der Waals surface area contributed by atoms with Gasteiger partial charge in [-0.15, -0.1) is 0 Å². The maximum Gasteiger partial charge on any atom is 0.416 e. The Morgan fingerprint density at radius 1 is 1.12 bits per heavy atom. The zero-order chi connectivity index (χ0) is 28.9. The van der Waals surface area contributed by atoms with Crippen molar-refractivity contribution in [1.29, 1.82) is 0 Å². The Morgan fingerprint density at radius 3 is 2.48 bits per heavy atom. The molecule has 1 saturated heterocycles. The van der Waals surface area contributed by atoms with E-state index >= 15 is 0 Å². The van der Waals surface area contributed by atoms with Crippen LogP contribution in [0.5, 0.6) is 5.75 Å². The number of esters is 1. The van der Waals surface area contributed by atoms with E-state index in [1.54, 1.807) is 38.1 Å². The van der Waals surface area contributed by atoms with E-state index in [0.29, 0.717) is 41.4 Å². The van der Waals surface area contributed by atoms with Gasteiger partial charge in [-0.3, -0.25) is 4.79 Å². The third-order valence-electron chi connectivity index (χ3n) is 6.31. The second kappa shape index (κ2) is 12.4. The van der Waals surface area contributed by atoms with Crippen LogP contribution in [-0.2, 0) is 39.1 Å². The summed E-state index contributed by atoms with van der Waals surface area (Å²) in [7, 11) is -3.88. The minimum Gasteiger partial charge on any atom is -0.486 e. The number of hydrogen-bond donors (Lipinski definition) is 0. The van der Waals surface area contributed by atoms with Crippen LogP contribution >= 0.6 is 0 Å². The minimum atomic E-state index is -4.44. The number of halogens is 3. The highest BCUT2D eigenvalue weighted by atomic mass is 32.2. The molecule has 4 rings (SSSR count). The first-order chi connectivity index (χ1) is 19.0. The molecule has 1 aromatic heterocycles. The maximum absolute atomic E-state index is 13.2. The molecule has 9 nitrogen and oxygen atoms in total. The number of rotatable bonds is 11. The quantitative estimate of drug-likeness (QED) is 0.295. The van der Waals surface area contributed by atoms with Crippen molar-refractivity contribution in [2.75, 3.05) is 26.2 Å². The molecule has 1 aliphatic heterocycles. The number of carbonyl (C=O) groups is 1. The number of benzene rings is 2. The fourth-order valence-corrected chi connectivity index (χ4v) is 5.85. The zero-order valence-corrected chi connectivity index (χ0v) is 22.9. The van der Waals surface area contributed by atoms with E-state index in [2.05, 4.69) is 4.98 Å². The van der Waals surface area contributed by atoms with Gasteiger partial charge in [0, 0.05) is 25.2 Å². The average molecular weight is 582 g/mol. The summed E-state index contributed by atoms with van der Waals surface area (Å²) >= 11 is 0. The van der Waals surface area contributed by atoms with E-state index in [0.717, 1.165) is 29.3 Å². The van der Waals surface area contributed by atoms with Crippen LogP contribution < -0.4 is 4.74 Å². The molecule has 0 atom stereocenters. The Hall–Kier alpha value is -3.42. The van der Waals surface area contributed by atoms with Crippen LogP contribution in [0.2, 0.25) is 0 Å². The van der Waals surface area contributed by atoms with Crippen LogP contribution in [0.3, 0.4) is 0 Å². The van der Waals surface area contributed by atoms with Gasteiger partial charge in [-0.1, -0.05) is 12.1 Å². The lowest BCUT2D eigenvalue weighted by Gasteiger charge is -2.26. The summed E-state index contributed by atoms with van der Waals surface area (Å²) < 4.78 is 84.1. The molecular weight excluding hydrogens is 551 g/mol. The molecule has 0 saturated carbocycles. The minimum absolute atomic E-state index is 0.0124. The van der Waals surface area contributed by atoms with Gasteiger partial charge in [-0.05, 0) is 68.7 Å². The van der Waals surface area contributed by atoms with Gasteiger partial charge < -0.3 is 13.9 Å². The summed E-state index contributed by atoms with van der Waals surface area (Å²) in [4.78, 5) is 16.5. The molecule has 0 bridgehead atoms. The number of ether oxygens (including phenoxy) is 2. The van der Waals surface area contributed by atoms with Gasteiger partial charge in [-0.2, -0.15) is 30.2 Å². The van der Waals surface area contributed by atoms with Crippen LogP contribution in [0.25, 0.3) is 11.5 Å². The molecule has 13 heteroatoms. The number of nitrogens with zero attached hydrogens (tertiary/aromatic N) is 3. The van der Waals surface area contributed by atoms with Crippen molar-refractivity contribution in [3.63, 3.8) is 0 Å². The molecule has 0 N–H and O–H groups in total. The molecule has 0 radical (unpaired) electrons. The van der Waals surface area contributed by atoms with Crippen molar-refractivity contribution in [1.82, 2.24) is 13.6 Å². The first-order valence-corrected chi connectivity index (χ1v) is 14.1. The van der Waals surface area contributed by atoms with E-state index < -0.39 is 34.5 Å². The smallest absolute Gasteiger partial charge is 0.416 e. The molecule has 40 heavy (non-hydrogen) atoms. The number of carbonyl (C=O) groups excluding carboxylic acids is 1. The summed E-state index contributed by atoms with van der Waals surface area (Å²) in [5.74, 6) is 0.350. The summed E-state index contributed by atoms with van der Waals surface area (Å²) in [5.41, 5.74) is 0.745. The number of aryl methyl sites for hydroxylation is 1. The molecule has 0 aliphatic carbocycles. The number of alkyl halides is 3. The number of hydrogen-bond acceptors (Lipinski definition) is 7. The van der Waals surface area contributed by atoms with Crippen LogP contribution in [0, 0.1) is 6.92 Å². The largest absolute Gasteiger partial charge is 0.486 e. The summed E-state index contributed by atoms with van der Waals surface area (Å²) in [6, 6.07) is 11.3. The molecule has 1 aliphatic rings. The van der Waals surface area contributed by atoms with Crippen LogP contribution in [0.4, 0.5) is 13.2 Å². The van der Waals surface area contributed by atoms with Crippen molar-refractivity contribution in [3.8, 4) is 17.2 Å². The van der Waals surface area contributed by atoms with E-state index in [1.807, 2.05) is 0 Å². The molecule has 0 unspecified atom stereocenters. The normalized spacial score (nSPS) is 14.6. The fourth-order valence-electron chi connectivity index (χ4n) is 4.23. The van der Waals surface area contributed by atoms with E-state index in [4.69, 9.17) is 13.9 Å². The van der Waals surface area contributed by atoms with Crippen molar-refractivity contribution >= 4 is 16.2 Å².